The van der Waals surface area contributed by atoms with Gasteiger partial charge in [-0.1, -0.05) is 0 Å². The predicted molar refractivity (Wildman–Crippen MR) is 98.0 cm³/mol. The molecule has 0 aliphatic heterocycles. The second-order valence-electron chi connectivity index (χ2n) is 5.03. The number of hydrogen-bond acceptors (Lipinski definition) is 2. The zero-order valence-electron chi connectivity index (χ0n) is 13.5. The van der Waals surface area contributed by atoms with Crippen molar-refractivity contribution < 1.29 is 32.9 Å². The summed E-state index contributed by atoms with van der Waals surface area (Å²) in [6, 6.07) is 8.60. The topological polar surface area (TPSA) is 18.5 Å². The van der Waals surface area contributed by atoms with E-state index in [9.17, 15) is 0 Å². The van der Waals surface area contributed by atoms with Crippen LogP contribution in [0.1, 0.15) is 14.8 Å². The van der Waals surface area contributed by atoms with Gasteiger partial charge in [0.1, 0.15) is 21.0 Å². The van der Waals surface area contributed by atoms with E-state index in [1.54, 1.807) is 24.7 Å². The van der Waals surface area contributed by atoms with Gasteiger partial charge in [-0.3, -0.25) is 0 Å². The van der Waals surface area contributed by atoms with Crippen molar-refractivity contribution in [3.63, 3.8) is 0 Å². The molecule has 1 atom stereocenters. The summed E-state index contributed by atoms with van der Waals surface area (Å²) in [6.45, 7) is 8.69. The fraction of sp³-hybridized carbons (Fsp3) is 0.385. The van der Waals surface area contributed by atoms with E-state index in [1.807, 2.05) is 0 Å². The SMILES string of the molecule is C[SiH](C)O[SiH3].C[SiH](C)O[SiH3].[Zr][CH]1C=Cc2ccccc21. The van der Waals surface area contributed by atoms with Gasteiger partial charge in [0, 0.05) is 0 Å². The minimum absolute atomic E-state index is 0.588. The molecular weight excluding hydrogens is 392 g/mol. The van der Waals surface area contributed by atoms with E-state index in [4.69, 9.17) is 8.23 Å². The standard InChI is InChI=1S/C9H7.2C2H10OSi2.Zr/c1-2-5-9-7-3-6-8(9)4-1;2*1-5(2)3-4;/h1-7H;2*5H,1-2,4H3;. The van der Waals surface area contributed by atoms with Crippen LogP contribution in [-0.2, 0) is 32.9 Å². The Hall–Kier alpha value is 0.631. The zero-order valence-corrected chi connectivity index (χ0v) is 22.3. The van der Waals surface area contributed by atoms with Crippen LogP contribution in [0.2, 0.25) is 26.2 Å². The molecule has 0 bridgehead atoms. The van der Waals surface area contributed by atoms with Gasteiger partial charge in [0.05, 0.1) is 0 Å². The molecule has 20 heavy (non-hydrogen) atoms. The number of fused-ring (bicyclic) bond motifs is 1. The minimum atomic E-state index is -0.588. The van der Waals surface area contributed by atoms with Gasteiger partial charge in [0.2, 0.25) is 0 Å². The van der Waals surface area contributed by atoms with Crippen molar-refractivity contribution in [1.82, 2.24) is 0 Å². The second kappa shape index (κ2) is 12.2. The molecule has 1 aliphatic carbocycles. The van der Waals surface area contributed by atoms with Crippen LogP contribution >= 0.6 is 0 Å². The average Bonchev–Trinajstić information content (AvgIpc) is 2.82. The Balaban J connectivity index is 0.000000310. The molecule has 7 heteroatoms. The quantitative estimate of drug-likeness (QED) is 0.663. The molecule has 0 saturated heterocycles. The fourth-order valence-electron chi connectivity index (χ4n) is 1.25. The Morgan fingerprint density at radius 3 is 1.85 bits per heavy atom. The van der Waals surface area contributed by atoms with Crippen molar-refractivity contribution in [2.75, 3.05) is 0 Å². The molecule has 2 rings (SSSR count). The van der Waals surface area contributed by atoms with Crippen molar-refractivity contribution in [3.8, 4) is 0 Å². The molecule has 2 nitrogen and oxygen atoms in total. The first kappa shape index (κ1) is 20.6. The van der Waals surface area contributed by atoms with Crippen molar-refractivity contribution >= 4 is 45.1 Å². The maximum atomic E-state index is 5.03. The van der Waals surface area contributed by atoms with Crippen LogP contribution in [0.5, 0.6) is 0 Å². The van der Waals surface area contributed by atoms with Crippen LogP contribution in [0.15, 0.2) is 30.3 Å². The van der Waals surface area contributed by atoms with Crippen LogP contribution in [0.4, 0.5) is 0 Å². The maximum absolute atomic E-state index is 5.03. The summed E-state index contributed by atoms with van der Waals surface area (Å²) in [4.78, 5) is 0. The van der Waals surface area contributed by atoms with Gasteiger partial charge in [-0.25, -0.2) is 0 Å². The fourth-order valence-corrected chi connectivity index (χ4v) is 2.13. The molecule has 111 valence electrons. The van der Waals surface area contributed by atoms with Gasteiger partial charge in [-0.05, 0) is 26.2 Å². The molecule has 0 N–H and O–H groups in total. The van der Waals surface area contributed by atoms with E-state index in [1.165, 1.54) is 11.1 Å². The average molecular weight is 419 g/mol. The second-order valence-corrected chi connectivity index (χ2v) is 14.5. The van der Waals surface area contributed by atoms with Gasteiger partial charge in [0.25, 0.3) is 0 Å². The molecule has 1 unspecified atom stereocenters. The monoisotopic (exact) mass is 417 g/mol. The van der Waals surface area contributed by atoms with Crippen LogP contribution in [0.25, 0.3) is 6.08 Å². The van der Waals surface area contributed by atoms with Gasteiger partial charge < -0.3 is 8.23 Å². The molecule has 1 aliphatic rings. The number of benzene rings is 1. The number of hydrogen-bond donors (Lipinski definition) is 0. The summed E-state index contributed by atoms with van der Waals surface area (Å²) < 4.78 is 10.8. The van der Waals surface area contributed by atoms with Crippen molar-refractivity contribution in [3.05, 3.63) is 41.5 Å². The van der Waals surface area contributed by atoms with Crippen LogP contribution < -0.4 is 0 Å². The summed E-state index contributed by atoms with van der Waals surface area (Å²) in [5, 5.41) is 0. The van der Waals surface area contributed by atoms with Crippen LogP contribution in [-0.4, -0.2) is 39.1 Å². The third-order valence-corrected chi connectivity index (χ3v) is 11.5. The normalized spacial score (nSPS) is 15.6. The number of rotatable bonds is 2. The Labute approximate surface area is 148 Å². The van der Waals surface area contributed by atoms with Gasteiger partial charge >= 0.3 is 75.9 Å². The third-order valence-electron chi connectivity index (χ3n) is 2.74. The Kier molecular flexibility index (Phi) is 12.6. The molecule has 1 aromatic carbocycles. The molecule has 0 fully saturated rings. The molecule has 0 saturated carbocycles. The molecule has 1 aromatic rings. The van der Waals surface area contributed by atoms with E-state index >= 15 is 0 Å². The van der Waals surface area contributed by atoms with E-state index in [0.717, 1.165) is 21.0 Å². The molecule has 0 aromatic heterocycles. The third kappa shape index (κ3) is 9.55. The Morgan fingerprint density at radius 2 is 1.45 bits per heavy atom. The molecule has 0 radical (unpaired) electrons. The van der Waals surface area contributed by atoms with Gasteiger partial charge in [-0.2, -0.15) is 0 Å². The van der Waals surface area contributed by atoms with E-state index in [0.29, 0.717) is 3.63 Å². The van der Waals surface area contributed by atoms with Gasteiger partial charge in [-0.15, -0.1) is 0 Å². The van der Waals surface area contributed by atoms with Gasteiger partial charge in [0.15, 0.2) is 18.1 Å². The van der Waals surface area contributed by atoms with Crippen LogP contribution in [0.3, 0.4) is 0 Å². The Bertz CT molecular complexity index is 392. The van der Waals surface area contributed by atoms with E-state index in [2.05, 4.69) is 62.6 Å². The molecular formula is C13H27O2Si4Zr. The first-order valence-corrected chi connectivity index (χ1v) is 15.6. The first-order chi connectivity index (χ1) is 9.42. The summed E-state index contributed by atoms with van der Waals surface area (Å²) >= 11 is 1.59. The van der Waals surface area contributed by atoms with E-state index in [-0.39, 0.29) is 0 Å². The van der Waals surface area contributed by atoms with E-state index < -0.39 is 18.1 Å². The summed E-state index contributed by atoms with van der Waals surface area (Å²) in [5.41, 5.74) is 2.91. The zero-order chi connectivity index (χ0) is 15.5. The summed E-state index contributed by atoms with van der Waals surface area (Å²) in [5.74, 6) is 0. The van der Waals surface area contributed by atoms with Crippen LogP contribution in [0, 0.1) is 0 Å². The predicted octanol–water partition coefficient (Wildman–Crippen LogP) is 0.835. The molecule has 0 heterocycles. The summed E-state index contributed by atoms with van der Waals surface area (Å²) in [6.07, 6.45) is 4.50. The Morgan fingerprint density at radius 1 is 1.00 bits per heavy atom. The summed E-state index contributed by atoms with van der Waals surface area (Å²) in [7, 11) is 0.694. The molecule has 0 amide bonds. The van der Waals surface area contributed by atoms with Crippen molar-refractivity contribution in [2.24, 2.45) is 0 Å². The van der Waals surface area contributed by atoms with Crippen molar-refractivity contribution in [1.29, 1.82) is 0 Å². The number of allylic oxidation sites excluding steroid dienone is 1. The molecule has 0 spiro atoms. The first-order valence-electron chi connectivity index (χ1n) is 6.96. The van der Waals surface area contributed by atoms with Crippen molar-refractivity contribution in [2.45, 2.75) is 29.8 Å².